The number of urea groups is 1. The SMILES string of the molecule is Cc1ccc(-n2ncc(NCCNC(N)=O)c(Oc3ccc(-c4ccc(F)cc4)cc3)c2=O)cc1. The highest BCUT2D eigenvalue weighted by Gasteiger charge is 2.15. The number of primary amides is 1. The Bertz CT molecular complexity index is 1370. The molecule has 0 aliphatic rings. The molecule has 0 saturated carbocycles. The van der Waals surface area contributed by atoms with Crippen molar-refractivity contribution in [3.8, 4) is 28.3 Å². The van der Waals surface area contributed by atoms with E-state index in [1.54, 1.807) is 36.4 Å². The lowest BCUT2D eigenvalue weighted by Gasteiger charge is -2.15. The molecule has 2 amide bonds. The van der Waals surface area contributed by atoms with Crippen molar-refractivity contribution in [1.82, 2.24) is 15.1 Å². The molecule has 0 aliphatic carbocycles. The molecule has 8 nitrogen and oxygen atoms in total. The monoisotopic (exact) mass is 473 g/mol. The first kappa shape index (κ1) is 23.5. The van der Waals surface area contributed by atoms with Gasteiger partial charge in [-0.3, -0.25) is 4.79 Å². The predicted molar refractivity (Wildman–Crippen MR) is 133 cm³/mol. The average molecular weight is 474 g/mol. The van der Waals surface area contributed by atoms with Gasteiger partial charge >= 0.3 is 11.6 Å². The van der Waals surface area contributed by atoms with E-state index < -0.39 is 11.6 Å². The van der Waals surface area contributed by atoms with Crippen LogP contribution in [0.2, 0.25) is 0 Å². The van der Waals surface area contributed by atoms with E-state index >= 15 is 0 Å². The standard InChI is InChI=1S/C26H24FN5O3/c1-17-2-10-21(11-3-17)32-25(33)24(23(16-31-32)29-14-15-30-26(28)34)35-22-12-6-19(7-13-22)18-4-8-20(27)9-5-18/h2-13,16,29H,14-15H2,1H3,(H3,28,30,34). The van der Waals surface area contributed by atoms with Crippen molar-refractivity contribution in [3.63, 3.8) is 0 Å². The van der Waals surface area contributed by atoms with Crippen LogP contribution < -0.4 is 26.7 Å². The van der Waals surface area contributed by atoms with E-state index in [1.807, 2.05) is 31.2 Å². The second-order valence-electron chi connectivity index (χ2n) is 7.79. The highest BCUT2D eigenvalue weighted by atomic mass is 19.1. The first-order valence-corrected chi connectivity index (χ1v) is 10.9. The highest BCUT2D eigenvalue weighted by Crippen LogP contribution is 2.28. The molecule has 0 aliphatic heterocycles. The number of amides is 2. The molecule has 1 heterocycles. The van der Waals surface area contributed by atoms with E-state index in [0.717, 1.165) is 16.7 Å². The first-order valence-electron chi connectivity index (χ1n) is 10.9. The van der Waals surface area contributed by atoms with Crippen LogP contribution in [0.15, 0.2) is 83.8 Å². The Hall–Kier alpha value is -4.66. The van der Waals surface area contributed by atoms with E-state index in [9.17, 15) is 14.0 Å². The van der Waals surface area contributed by atoms with E-state index in [0.29, 0.717) is 23.7 Å². The summed E-state index contributed by atoms with van der Waals surface area (Å²) < 4.78 is 20.5. The molecular weight excluding hydrogens is 449 g/mol. The van der Waals surface area contributed by atoms with E-state index in [4.69, 9.17) is 10.5 Å². The third-order valence-corrected chi connectivity index (χ3v) is 5.20. The Kier molecular flexibility index (Phi) is 7.06. The Morgan fingerprint density at radius 1 is 0.971 bits per heavy atom. The minimum absolute atomic E-state index is 0.0502. The number of nitrogens with one attached hydrogen (secondary N) is 2. The molecule has 0 saturated heterocycles. The van der Waals surface area contributed by atoms with Crippen molar-refractivity contribution in [2.24, 2.45) is 5.73 Å². The molecule has 178 valence electrons. The third kappa shape index (κ3) is 5.83. The minimum Gasteiger partial charge on any atom is -0.449 e. The lowest BCUT2D eigenvalue weighted by atomic mass is 10.1. The van der Waals surface area contributed by atoms with Crippen molar-refractivity contribution in [2.45, 2.75) is 6.92 Å². The number of ether oxygens (including phenoxy) is 1. The Morgan fingerprint density at radius 2 is 1.60 bits per heavy atom. The maximum atomic E-state index is 13.4. The second-order valence-corrected chi connectivity index (χ2v) is 7.79. The van der Waals surface area contributed by atoms with Crippen molar-refractivity contribution >= 4 is 11.7 Å². The van der Waals surface area contributed by atoms with Gasteiger partial charge in [0, 0.05) is 13.1 Å². The fraction of sp³-hybridized carbons (Fsp3) is 0.115. The van der Waals surface area contributed by atoms with Crippen LogP contribution in [0, 0.1) is 12.7 Å². The normalized spacial score (nSPS) is 10.6. The summed E-state index contributed by atoms with van der Waals surface area (Å²) in [5.41, 5.74) is 8.39. The number of carbonyl (C=O) groups is 1. The number of nitrogens with two attached hydrogens (primary N) is 1. The van der Waals surface area contributed by atoms with Gasteiger partial charge in [0.2, 0.25) is 5.75 Å². The lowest BCUT2D eigenvalue weighted by Crippen LogP contribution is -2.33. The first-order chi connectivity index (χ1) is 16.9. The number of nitrogens with zero attached hydrogens (tertiary/aromatic N) is 2. The van der Waals surface area contributed by atoms with Crippen LogP contribution in [0.3, 0.4) is 0 Å². The fourth-order valence-corrected chi connectivity index (χ4v) is 3.39. The van der Waals surface area contributed by atoms with Crippen molar-refractivity contribution in [2.75, 3.05) is 18.4 Å². The maximum absolute atomic E-state index is 13.4. The Morgan fingerprint density at radius 3 is 2.23 bits per heavy atom. The van der Waals surface area contributed by atoms with Crippen LogP contribution >= 0.6 is 0 Å². The Balaban J connectivity index is 1.64. The molecule has 0 atom stereocenters. The molecule has 0 spiro atoms. The molecule has 0 fully saturated rings. The fourth-order valence-electron chi connectivity index (χ4n) is 3.39. The molecule has 4 aromatic rings. The summed E-state index contributed by atoms with van der Waals surface area (Å²) in [7, 11) is 0. The van der Waals surface area contributed by atoms with Crippen LogP contribution in [0.4, 0.5) is 14.9 Å². The minimum atomic E-state index is -0.641. The number of aromatic nitrogens is 2. The number of benzene rings is 3. The van der Waals surface area contributed by atoms with Gasteiger partial charge in [0.1, 0.15) is 17.3 Å². The number of anilines is 1. The highest BCUT2D eigenvalue weighted by molar-refractivity contribution is 5.71. The number of hydrogen-bond donors (Lipinski definition) is 3. The summed E-state index contributed by atoms with van der Waals surface area (Å²) in [5, 5.41) is 9.80. The summed E-state index contributed by atoms with van der Waals surface area (Å²) in [5.74, 6) is 0.185. The van der Waals surface area contributed by atoms with Crippen LogP contribution in [0.25, 0.3) is 16.8 Å². The zero-order valence-electron chi connectivity index (χ0n) is 19.0. The van der Waals surface area contributed by atoms with E-state index in [2.05, 4.69) is 15.7 Å². The van der Waals surface area contributed by atoms with Gasteiger partial charge in [0.25, 0.3) is 0 Å². The van der Waals surface area contributed by atoms with Gasteiger partial charge in [-0.1, -0.05) is 42.0 Å². The summed E-state index contributed by atoms with van der Waals surface area (Å²) >= 11 is 0. The van der Waals surface area contributed by atoms with Gasteiger partial charge in [-0.25, -0.2) is 9.18 Å². The summed E-state index contributed by atoms with van der Waals surface area (Å²) in [6.07, 6.45) is 1.49. The van der Waals surface area contributed by atoms with Gasteiger partial charge in [-0.2, -0.15) is 9.78 Å². The van der Waals surface area contributed by atoms with Crippen molar-refractivity contribution < 1.29 is 13.9 Å². The molecule has 0 bridgehead atoms. The van der Waals surface area contributed by atoms with Crippen molar-refractivity contribution in [3.05, 3.63) is 101 Å². The number of carbonyl (C=O) groups excluding carboxylic acids is 1. The van der Waals surface area contributed by atoms with Gasteiger partial charge in [0.05, 0.1) is 11.9 Å². The molecule has 3 aromatic carbocycles. The summed E-state index contributed by atoms with van der Waals surface area (Å²) in [6.45, 7) is 2.51. The number of aryl methyl sites for hydroxylation is 1. The molecule has 35 heavy (non-hydrogen) atoms. The molecule has 0 unspecified atom stereocenters. The lowest BCUT2D eigenvalue weighted by molar-refractivity contribution is 0.249. The summed E-state index contributed by atoms with van der Waals surface area (Å²) in [6, 6.07) is 20.0. The van der Waals surface area contributed by atoms with Gasteiger partial charge in [-0.15, -0.1) is 0 Å². The predicted octanol–water partition coefficient (Wildman–Crippen LogP) is 4.22. The molecule has 1 aromatic heterocycles. The Labute approximate surface area is 201 Å². The quantitative estimate of drug-likeness (QED) is 0.332. The van der Waals surface area contributed by atoms with E-state index in [-0.39, 0.29) is 18.1 Å². The average Bonchev–Trinajstić information content (AvgIpc) is 2.85. The molecular formula is C26H24FN5O3. The van der Waals surface area contributed by atoms with Crippen LogP contribution in [0.1, 0.15) is 5.56 Å². The largest absolute Gasteiger partial charge is 0.449 e. The van der Waals surface area contributed by atoms with Gasteiger partial charge < -0.3 is 21.1 Å². The van der Waals surface area contributed by atoms with E-state index in [1.165, 1.54) is 23.0 Å². The number of halogens is 1. The zero-order valence-corrected chi connectivity index (χ0v) is 19.0. The van der Waals surface area contributed by atoms with Crippen LogP contribution in [0.5, 0.6) is 11.5 Å². The number of hydrogen-bond acceptors (Lipinski definition) is 5. The zero-order chi connectivity index (χ0) is 24.8. The second kappa shape index (κ2) is 10.5. The summed E-state index contributed by atoms with van der Waals surface area (Å²) in [4.78, 5) is 24.3. The van der Waals surface area contributed by atoms with Crippen LogP contribution in [-0.2, 0) is 0 Å². The van der Waals surface area contributed by atoms with Gasteiger partial charge in [0.15, 0.2) is 0 Å². The van der Waals surface area contributed by atoms with Crippen molar-refractivity contribution in [1.29, 1.82) is 0 Å². The smallest absolute Gasteiger partial charge is 0.316 e. The number of rotatable bonds is 8. The molecule has 4 rings (SSSR count). The topological polar surface area (TPSA) is 111 Å². The molecule has 4 N–H and O–H groups in total. The maximum Gasteiger partial charge on any atom is 0.316 e. The molecule has 0 radical (unpaired) electrons. The molecule has 9 heteroatoms. The third-order valence-electron chi connectivity index (χ3n) is 5.20. The van der Waals surface area contributed by atoms with Gasteiger partial charge in [-0.05, 0) is 54.4 Å². The van der Waals surface area contributed by atoms with Crippen LogP contribution in [-0.4, -0.2) is 28.9 Å².